The number of rotatable bonds is 34. The minimum Gasteiger partial charge on any atom is -0.458 e. The van der Waals surface area contributed by atoms with Gasteiger partial charge in [0.2, 0.25) is 70.9 Å². The van der Waals surface area contributed by atoms with E-state index >= 15 is 9.59 Å². The number of amides is 13. The maximum atomic E-state index is 15.1. The molecule has 0 spiro atoms. The van der Waals surface area contributed by atoms with Crippen LogP contribution in [0.5, 0.6) is 0 Å². The molecular weight excluding hydrogens is 1400 g/mol. The monoisotopic (exact) mass is 1520 g/mol. The van der Waals surface area contributed by atoms with Crippen LogP contribution in [0.2, 0.25) is 0 Å². The Morgan fingerprint density at radius 3 is 1.66 bits per heavy atom. The van der Waals surface area contributed by atoms with Crippen LogP contribution in [0.3, 0.4) is 0 Å². The van der Waals surface area contributed by atoms with Crippen molar-refractivity contribution in [3.8, 4) is 0 Å². The highest BCUT2D eigenvalue weighted by atomic mass is 16.5. The molecule has 2 aliphatic rings. The van der Waals surface area contributed by atoms with Crippen molar-refractivity contribution >= 4 is 82.8 Å². The molecule has 4 rings (SSSR count). The lowest BCUT2D eigenvalue weighted by Gasteiger charge is -2.33. The number of nitrogens with zero attached hydrogens (tertiary/aromatic N) is 1. The smallest absolute Gasteiger partial charge is 0.329 e. The van der Waals surface area contributed by atoms with Crippen LogP contribution < -0.4 is 69.5 Å². The molecule has 15 atom stereocenters. The average molecular weight is 1520 g/mol. The summed E-state index contributed by atoms with van der Waals surface area (Å²) in [6.45, 7) is 30.9. The lowest BCUT2D eigenvalue weighted by molar-refractivity contribution is -0.157. The summed E-state index contributed by atoms with van der Waals surface area (Å²) in [6.07, 6.45) is 2.67. The van der Waals surface area contributed by atoms with Crippen LogP contribution >= 0.6 is 0 Å². The topological polar surface area (TPSA) is 422 Å². The summed E-state index contributed by atoms with van der Waals surface area (Å²) in [5, 5.41) is 33.1. The van der Waals surface area contributed by atoms with E-state index < -0.39 is 191 Å². The predicted molar refractivity (Wildman–Crippen MR) is 414 cm³/mol. The predicted octanol–water partition coefficient (Wildman–Crippen LogP) is 3.70. The number of nitrogens with one attached hydrogen (secondary N) is 12. The number of nitrogens with two attached hydrogens (primary N) is 1. The Balaban J connectivity index is 1.65. The van der Waals surface area contributed by atoms with Gasteiger partial charge in [-0.05, 0) is 111 Å². The largest absolute Gasteiger partial charge is 0.458 e. The van der Waals surface area contributed by atoms with E-state index in [-0.39, 0.29) is 75.6 Å². The highest BCUT2D eigenvalue weighted by Gasteiger charge is 2.44. The summed E-state index contributed by atoms with van der Waals surface area (Å²) in [5.74, 6) is -14.4. The molecule has 2 aromatic carbocycles. The van der Waals surface area contributed by atoms with Gasteiger partial charge in [-0.15, -0.1) is 0 Å². The van der Waals surface area contributed by atoms with Crippen LogP contribution in [0.4, 0.5) is 0 Å². The molecule has 0 aliphatic carbocycles. The molecule has 2 saturated heterocycles. The highest BCUT2D eigenvalue weighted by Crippen LogP contribution is 2.23. The van der Waals surface area contributed by atoms with E-state index in [0.717, 1.165) is 6.42 Å². The van der Waals surface area contributed by atoms with E-state index in [1.807, 2.05) is 6.07 Å². The summed E-state index contributed by atoms with van der Waals surface area (Å²) >= 11 is 0. The molecule has 0 radical (unpaired) electrons. The van der Waals surface area contributed by atoms with Gasteiger partial charge in [-0.1, -0.05) is 197 Å². The van der Waals surface area contributed by atoms with Crippen molar-refractivity contribution in [3.05, 3.63) is 83.6 Å². The average Bonchev–Trinajstić information content (AvgIpc) is 1.80. The maximum Gasteiger partial charge on any atom is 0.329 e. The molecule has 2 heterocycles. The van der Waals surface area contributed by atoms with Crippen molar-refractivity contribution in [1.29, 1.82) is 0 Å². The molecule has 29 heteroatoms. The molecule has 2 fully saturated rings. The standard InChI is InChI=1S/C80H126N14O15/c1-19-49(16)65(77(105)93-67-51(18)109-80(108)64(48(14)15)90-68(96)54(21-3)82-70(98)56(41-52-32-24-22-25-33-52)84-74(102)61(45(8)9)88-76(104)66(50(17)20-2)92-78(67)106)91-69(97)55(36-29-39-81)83-72(100)58-37-30-40-94(58)79(107)63(47(12)13)89-75(103)62(46(10)11)87-71(99)57(42-53-34-26-23-27-35-53)85-73(101)60(44(6)7)86-59(95)38-28-31-43(4)5/h21-27,32-35,43-51,55-58,60-67H,19-20,28-31,36-42,81H2,1-18H3,(H,82,98)(H,83,100)(H,84,102)(H,85,101)(H,86,95)(H,87,99)(H,88,104)(H,89,103)(H,90,96)(H,91,97)(H,92,106)(H,93,105)/b54-21-/t49-,50-,51+,55-,56-,57-,58+,60+,61+,62-,63+,64-,65+,66+,67+/m0/s1. The van der Waals surface area contributed by atoms with Gasteiger partial charge in [0.1, 0.15) is 84.3 Å². The van der Waals surface area contributed by atoms with E-state index in [4.69, 9.17) is 10.5 Å². The fraction of sp³-hybridized carbons (Fsp3) is 0.650. The van der Waals surface area contributed by atoms with E-state index in [0.29, 0.717) is 36.3 Å². The first-order valence-electron chi connectivity index (χ1n) is 39.0. The number of hydrogen-bond acceptors (Lipinski definition) is 16. The Bertz CT molecular complexity index is 3440. The number of cyclic esters (lactones) is 1. The van der Waals surface area contributed by atoms with E-state index in [1.165, 1.54) is 24.8 Å². The molecule has 606 valence electrons. The summed E-state index contributed by atoms with van der Waals surface area (Å²) in [7, 11) is 0. The number of allylic oxidation sites excluding steroid dienone is 1. The van der Waals surface area contributed by atoms with Crippen LogP contribution in [0.1, 0.15) is 194 Å². The molecule has 0 unspecified atom stereocenters. The van der Waals surface area contributed by atoms with Gasteiger partial charge >= 0.3 is 5.97 Å². The molecule has 109 heavy (non-hydrogen) atoms. The van der Waals surface area contributed by atoms with Gasteiger partial charge in [0.05, 0.1) is 0 Å². The zero-order valence-corrected chi connectivity index (χ0v) is 67.3. The van der Waals surface area contributed by atoms with Crippen LogP contribution in [-0.4, -0.2) is 179 Å². The zero-order chi connectivity index (χ0) is 81.7. The third-order valence-corrected chi connectivity index (χ3v) is 20.1. The van der Waals surface area contributed by atoms with Crippen LogP contribution in [0, 0.1) is 47.3 Å². The lowest BCUT2D eigenvalue weighted by Crippen LogP contribution is -2.64. The summed E-state index contributed by atoms with van der Waals surface area (Å²) in [6, 6.07) is 1.91. The van der Waals surface area contributed by atoms with E-state index in [2.05, 4.69) is 77.6 Å². The van der Waals surface area contributed by atoms with Gasteiger partial charge in [-0.25, -0.2) is 4.79 Å². The fourth-order valence-corrected chi connectivity index (χ4v) is 12.8. The van der Waals surface area contributed by atoms with Crippen molar-refractivity contribution in [2.75, 3.05) is 13.1 Å². The maximum absolute atomic E-state index is 15.1. The molecule has 0 saturated carbocycles. The molecular formula is C80H126N14O15. The second-order valence-corrected chi connectivity index (χ2v) is 31.2. The Kier molecular flexibility index (Phi) is 38.0. The first-order valence-corrected chi connectivity index (χ1v) is 39.0. The number of carbonyl (C=O) groups excluding carboxylic acids is 14. The molecule has 0 aromatic heterocycles. The molecule has 13 amide bonds. The molecule has 2 aromatic rings. The molecule has 29 nitrogen and oxygen atoms in total. The normalized spacial score (nSPS) is 21.8. The van der Waals surface area contributed by atoms with Crippen molar-refractivity contribution in [2.24, 2.45) is 53.1 Å². The minimum atomic E-state index is -1.82. The van der Waals surface area contributed by atoms with Crippen molar-refractivity contribution < 1.29 is 71.9 Å². The first kappa shape index (κ1) is 92.1. The highest BCUT2D eigenvalue weighted by molar-refractivity contribution is 6.03. The molecule has 0 bridgehead atoms. The van der Waals surface area contributed by atoms with E-state index in [1.54, 1.807) is 152 Å². The van der Waals surface area contributed by atoms with Crippen molar-refractivity contribution in [3.63, 3.8) is 0 Å². The number of carbonyl (C=O) groups is 14. The second-order valence-electron chi connectivity index (χ2n) is 31.2. The van der Waals surface area contributed by atoms with Gasteiger partial charge in [-0.3, -0.25) is 62.3 Å². The van der Waals surface area contributed by atoms with Crippen LogP contribution in [0.15, 0.2) is 72.4 Å². The minimum absolute atomic E-state index is 0.0326. The third kappa shape index (κ3) is 28.3. The molecule has 2 aliphatic heterocycles. The van der Waals surface area contributed by atoms with Gasteiger partial charge in [-0.2, -0.15) is 0 Å². The van der Waals surface area contributed by atoms with Gasteiger partial charge in [0.15, 0.2) is 0 Å². The Morgan fingerprint density at radius 1 is 0.569 bits per heavy atom. The lowest BCUT2D eigenvalue weighted by atomic mass is 9.95. The number of benzene rings is 2. The Labute approximate surface area is 644 Å². The zero-order valence-electron chi connectivity index (χ0n) is 67.3. The molecule has 14 N–H and O–H groups in total. The summed E-state index contributed by atoms with van der Waals surface area (Å²) in [5.41, 5.74) is 7.08. The first-order chi connectivity index (χ1) is 51.4. The van der Waals surface area contributed by atoms with Crippen molar-refractivity contribution in [1.82, 2.24) is 68.7 Å². The van der Waals surface area contributed by atoms with Gasteiger partial charge in [0.25, 0.3) is 5.91 Å². The number of esters is 1. The van der Waals surface area contributed by atoms with Crippen LogP contribution in [0.25, 0.3) is 0 Å². The quantitative estimate of drug-likeness (QED) is 0.0351. The van der Waals surface area contributed by atoms with Crippen LogP contribution in [-0.2, 0) is 84.7 Å². The number of likely N-dealkylation sites (tertiary alicyclic amines) is 1. The Hall–Kier alpha value is -9.28. The number of ether oxygens (including phenoxy) is 1. The summed E-state index contributed by atoms with van der Waals surface area (Å²) in [4.78, 5) is 204. The SMILES string of the molecule is C/C=C1\NC(=O)[C@H](Cc2ccccc2)NC(=O)[C@@H](C(C)C)NC(=O)[C@@H]([C@@H](C)CC)NC(=O)[C@H](NC(=O)[C@H](NC(=O)[C@H](CCCN)NC(=O)[C@H]2CCCN2C(=O)[C@H](NC(=O)[C@@H](NC(=O)[C@H](Cc2ccccc2)NC(=O)[C@H](NC(=O)CCCC(C)C)C(C)C)C(C)C)C(C)C)[C@@H](C)CC)[C@@H](C)OC(=O)[C@H](C(C)C)NC1=O. The van der Waals surface area contributed by atoms with Crippen molar-refractivity contribution in [2.45, 2.75) is 274 Å². The summed E-state index contributed by atoms with van der Waals surface area (Å²) < 4.78 is 5.98. The van der Waals surface area contributed by atoms with E-state index in [9.17, 15) is 57.5 Å². The second kappa shape index (κ2) is 45.0. The van der Waals surface area contributed by atoms with Gasteiger partial charge < -0.3 is 79.2 Å². The van der Waals surface area contributed by atoms with Gasteiger partial charge in [0, 0.05) is 25.8 Å². The third-order valence-electron chi connectivity index (χ3n) is 20.1. The number of hydrogen-bond donors (Lipinski definition) is 13. The fourth-order valence-electron chi connectivity index (χ4n) is 12.8. The Morgan fingerprint density at radius 2 is 1.11 bits per heavy atom.